The van der Waals surface area contributed by atoms with E-state index in [2.05, 4.69) is 4.90 Å². The molecule has 1 fully saturated rings. The molecule has 5 nitrogen and oxygen atoms in total. The van der Waals surface area contributed by atoms with Crippen molar-refractivity contribution in [1.29, 1.82) is 0 Å². The first-order chi connectivity index (χ1) is 11.2. The number of methoxy groups -OCH3 is 1. The molecule has 0 aliphatic heterocycles. The predicted octanol–water partition coefficient (Wildman–Crippen LogP) is 3.77. The van der Waals surface area contributed by atoms with Gasteiger partial charge in [-0.05, 0) is 30.5 Å². The van der Waals surface area contributed by atoms with Gasteiger partial charge in [-0.25, -0.2) is 0 Å². The molecule has 0 atom stereocenters. The molecule has 0 saturated heterocycles. The first kappa shape index (κ1) is 15.5. The van der Waals surface area contributed by atoms with Crippen LogP contribution in [0.25, 0.3) is 0 Å². The van der Waals surface area contributed by atoms with Crippen LogP contribution in [0.15, 0.2) is 48.5 Å². The van der Waals surface area contributed by atoms with Gasteiger partial charge in [-0.15, -0.1) is 0 Å². The van der Waals surface area contributed by atoms with E-state index in [0.29, 0.717) is 12.6 Å². The summed E-state index contributed by atoms with van der Waals surface area (Å²) in [5.41, 5.74) is 2.17. The highest BCUT2D eigenvalue weighted by Crippen LogP contribution is 2.31. The van der Waals surface area contributed by atoms with E-state index in [4.69, 9.17) is 4.74 Å². The second-order valence-corrected chi connectivity index (χ2v) is 5.87. The minimum atomic E-state index is -0.298. The lowest BCUT2D eigenvalue weighted by atomic mass is 10.1. The Morgan fingerprint density at radius 1 is 1.13 bits per heavy atom. The molecule has 120 valence electrons. The van der Waals surface area contributed by atoms with Crippen LogP contribution in [-0.2, 0) is 13.1 Å². The topological polar surface area (TPSA) is 55.6 Å². The molecule has 5 heteroatoms. The lowest BCUT2D eigenvalue weighted by Crippen LogP contribution is -2.25. The van der Waals surface area contributed by atoms with Crippen LogP contribution >= 0.6 is 0 Å². The maximum absolute atomic E-state index is 11.2. The standard InChI is InChI=1S/C18H20N2O3/c1-23-17-10-6-14(7-11-17)12-19(16-8-9-16)13-15-4-2-3-5-18(15)20(21)22/h2-7,10-11,16H,8-9,12-13H2,1H3. The summed E-state index contributed by atoms with van der Waals surface area (Å²) in [7, 11) is 1.65. The van der Waals surface area contributed by atoms with E-state index >= 15 is 0 Å². The smallest absolute Gasteiger partial charge is 0.273 e. The molecule has 2 aromatic carbocycles. The van der Waals surface area contributed by atoms with E-state index in [0.717, 1.165) is 30.7 Å². The van der Waals surface area contributed by atoms with Gasteiger partial charge in [0.05, 0.1) is 12.0 Å². The third-order valence-electron chi connectivity index (χ3n) is 4.17. The summed E-state index contributed by atoms with van der Waals surface area (Å²) in [6.07, 6.45) is 2.33. The van der Waals surface area contributed by atoms with Crippen LogP contribution in [-0.4, -0.2) is 23.0 Å². The zero-order valence-corrected chi connectivity index (χ0v) is 13.1. The van der Waals surface area contributed by atoms with Crippen LogP contribution in [0, 0.1) is 10.1 Å². The number of hydrogen-bond donors (Lipinski definition) is 0. The molecule has 3 rings (SSSR count). The van der Waals surface area contributed by atoms with Crippen molar-refractivity contribution in [3.05, 3.63) is 69.8 Å². The van der Waals surface area contributed by atoms with Crippen molar-refractivity contribution in [3.63, 3.8) is 0 Å². The highest BCUT2D eigenvalue weighted by Gasteiger charge is 2.30. The summed E-state index contributed by atoms with van der Waals surface area (Å²) >= 11 is 0. The zero-order chi connectivity index (χ0) is 16.2. The van der Waals surface area contributed by atoms with Crippen LogP contribution in [0.3, 0.4) is 0 Å². The SMILES string of the molecule is COc1ccc(CN(Cc2ccccc2[N+](=O)[O-])C2CC2)cc1. The lowest BCUT2D eigenvalue weighted by molar-refractivity contribution is -0.385. The van der Waals surface area contributed by atoms with Crippen LogP contribution in [0.1, 0.15) is 24.0 Å². The highest BCUT2D eigenvalue weighted by atomic mass is 16.6. The fourth-order valence-corrected chi connectivity index (χ4v) is 2.76. The Morgan fingerprint density at radius 3 is 2.43 bits per heavy atom. The molecule has 1 aliphatic rings. The largest absolute Gasteiger partial charge is 0.497 e. The highest BCUT2D eigenvalue weighted by molar-refractivity contribution is 5.39. The first-order valence-electron chi connectivity index (χ1n) is 7.76. The fourth-order valence-electron chi connectivity index (χ4n) is 2.76. The third-order valence-corrected chi connectivity index (χ3v) is 4.17. The maximum Gasteiger partial charge on any atom is 0.273 e. The second-order valence-electron chi connectivity index (χ2n) is 5.87. The normalized spacial score (nSPS) is 14.0. The number of nitro groups is 1. The van der Waals surface area contributed by atoms with E-state index < -0.39 is 0 Å². The zero-order valence-electron chi connectivity index (χ0n) is 13.1. The number of hydrogen-bond acceptors (Lipinski definition) is 4. The molecule has 0 spiro atoms. The van der Waals surface area contributed by atoms with Crippen molar-refractivity contribution in [1.82, 2.24) is 4.90 Å². The molecule has 2 aromatic rings. The Bertz CT molecular complexity index is 681. The van der Waals surface area contributed by atoms with Gasteiger partial charge in [-0.3, -0.25) is 15.0 Å². The van der Waals surface area contributed by atoms with Crippen molar-refractivity contribution < 1.29 is 9.66 Å². The van der Waals surface area contributed by atoms with E-state index in [9.17, 15) is 10.1 Å². The van der Waals surface area contributed by atoms with Gasteiger partial charge in [0.15, 0.2) is 0 Å². The summed E-state index contributed by atoms with van der Waals surface area (Å²) in [5.74, 6) is 0.838. The summed E-state index contributed by atoms with van der Waals surface area (Å²) in [6.45, 7) is 1.40. The molecule has 1 saturated carbocycles. The van der Waals surface area contributed by atoms with Gasteiger partial charge in [0.2, 0.25) is 0 Å². The Morgan fingerprint density at radius 2 is 1.83 bits per heavy atom. The molecule has 23 heavy (non-hydrogen) atoms. The molecular formula is C18H20N2O3. The van der Waals surface area contributed by atoms with E-state index in [1.165, 1.54) is 5.56 Å². The average Bonchev–Trinajstić information content (AvgIpc) is 3.40. The van der Waals surface area contributed by atoms with E-state index in [1.807, 2.05) is 36.4 Å². The number of rotatable bonds is 7. The Hall–Kier alpha value is -2.40. The van der Waals surface area contributed by atoms with Crippen LogP contribution in [0.5, 0.6) is 5.75 Å². The van der Waals surface area contributed by atoms with Crippen molar-refractivity contribution in [3.8, 4) is 5.75 Å². The Labute approximate surface area is 135 Å². The minimum absolute atomic E-state index is 0.202. The van der Waals surface area contributed by atoms with Gasteiger partial charge >= 0.3 is 0 Å². The minimum Gasteiger partial charge on any atom is -0.497 e. The maximum atomic E-state index is 11.2. The molecule has 0 aromatic heterocycles. The monoisotopic (exact) mass is 312 g/mol. The van der Waals surface area contributed by atoms with Crippen LogP contribution in [0.4, 0.5) is 5.69 Å². The molecular weight excluding hydrogens is 292 g/mol. The molecule has 0 bridgehead atoms. The summed E-state index contributed by atoms with van der Waals surface area (Å²) in [6, 6.07) is 15.5. The van der Waals surface area contributed by atoms with E-state index in [-0.39, 0.29) is 10.6 Å². The molecule has 1 aliphatic carbocycles. The number of ether oxygens (including phenoxy) is 1. The molecule has 0 amide bonds. The predicted molar refractivity (Wildman–Crippen MR) is 88.4 cm³/mol. The summed E-state index contributed by atoms with van der Waals surface area (Å²) in [5, 5.41) is 11.2. The Balaban J connectivity index is 1.76. The molecule has 0 unspecified atom stereocenters. The quantitative estimate of drug-likeness (QED) is 0.577. The van der Waals surface area contributed by atoms with Crippen molar-refractivity contribution in [2.24, 2.45) is 0 Å². The van der Waals surface area contributed by atoms with E-state index in [1.54, 1.807) is 19.2 Å². The average molecular weight is 312 g/mol. The molecule has 0 heterocycles. The number of nitro benzene ring substituents is 1. The van der Waals surface area contributed by atoms with Gasteiger partial charge in [-0.1, -0.05) is 30.3 Å². The number of para-hydroxylation sites is 1. The number of nitrogens with zero attached hydrogens (tertiary/aromatic N) is 2. The van der Waals surface area contributed by atoms with Gasteiger partial charge in [-0.2, -0.15) is 0 Å². The second kappa shape index (κ2) is 6.79. The molecule has 0 radical (unpaired) electrons. The van der Waals surface area contributed by atoms with Crippen molar-refractivity contribution in [2.75, 3.05) is 7.11 Å². The third kappa shape index (κ3) is 3.87. The van der Waals surface area contributed by atoms with Gasteiger partial charge in [0, 0.05) is 30.8 Å². The van der Waals surface area contributed by atoms with Gasteiger partial charge < -0.3 is 4.74 Å². The van der Waals surface area contributed by atoms with Gasteiger partial charge in [0.25, 0.3) is 5.69 Å². The first-order valence-corrected chi connectivity index (χ1v) is 7.76. The van der Waals surface area contributed by atoms with Crippen molar-refractivity contribution >= 4 is 5.69 Å². The fraction of sp³-hybridized carbons (Fsp3) is 0.333. The van der Waals surface area contributed by atoms with Crippen LogP contribution in [0.2, 0.25) is 0 Å². The number of benzene rings is 2. The lowest BCUT2D eigenvalue weighted by Gasteiger charge is -2.22. The van der Waals surface area contributed by atoms with Crippen LogP contribution < -0.4 is 4.74 Å². The van der Waals surface area contributed by atoms with Gasteiger partial charge in [0.1, 0.15) is 5.75 Å². The summed E-state index contributed by atoms with van der Waals surface area (Å²) in [4.78, 5) is 13.2. The summed E-state index contributed by atoms with van der Waals surface area (Å²) < 4.78 is 5.18. The molecule has 0 N–H and O–H groups in total. The van der Waals surface area contributed by atoms with Crippen molar-refractivity contribution in [2.45, 2.75) is 32.0 Å². The Kier molecular flexibility index (Phi) is 4.57.